The van der Waals surface area contributed by atoms with Gasteiger partial charge in [-0.3, -0.25) is 14.4 Å². The maximum atomic E-state index is 13.4. The van der Waals surface area contributed by atoms with Gasteiger partial charge in [-0.25, -0.2) is 0 Å². The van der Waals surface area contributed by atoms with Crippen LogP contribution in [0.2, 0.25) is 0 Å². The molecule has 8 nitrogen and oxygen atoms in total. The molecule has 4 heterocycles. The Morgan fingerprint density at radius 3 is 2.61 bits per heavy atom. The van der Waals surface area contributed by atoms with E-state index >= 15 is 0 Å². The molecule has 2 saturated heterocycles. The molecule has 0 unspecified atom stereocenters. The van der Waals surface area contributed by atoms with E-state index in [0.29, 0.717) is 18.8 Å². The van der Waals surface area contributed by atoms with Crippen molar-refractivity contribution in [1.29, 1.82) is 0 Å². The minimum atomic E-state index is -0.547. The molecule has 31 heavy (non-hydrogen) atoms. The second kappa shape index (κ2) is 8.39. The highest BCUT2D eigenvalue weighted by Crippen LogP contribution is 2.50. The Kier molecular flexibility index (Phi) is 5.60. The summed E-state index contributed by atoms with van der Waals surface area (Å²) in [4.78, 5) is 43.3. The van der Waals surface area contributed by atoms with Crippen LogP contribution in [0, 0.1) is 17.8 Å². The number of pyridine rings is 1. The Morgan fingerprint density at radius 2 is 1.90 bits per heavy atom. The van der Waals surface area contributed by atoms with Crippen molar-refractivity contribution in [3.05, 3.63) is 34.2 Å². The van der Waals surface area contributed by atoms with Gasteiger partial charge in [-0.05, 0) is 44.8 Å². The van der Waals surface area contributed by atoms with Crippen molar-refractivity contribution in [3.63, 3.8) is 0 Å². The Morgan fingerprint density at radius 1 is 1.13 bits per heavy atom. The van der Waals surface area contributed by atoms with Gasteiger partial charge in [0.2, 0.25) is 11.8 Å². The van der Waals surface area contributed by atoms with E-state index in [1.807, 2.05) is 11.0 Å². The molecule has 3 fully saturated rings. The lowest BCUT2D eigenvalue weighted by Gasteiger charge is -2.38. The van der Waals surface area contributed by atoms with Crippen molar-refractivity contribution in [2.75, 3.05) is 32.8 Å². The lowest BCUT2D eigenvalue weighted by molar-refractivity contribution is -0.138. The summed E-state index contributed by atoms with van der Waals surface area (Å²) in [6.07, 6.45) is 5.45. The van der Waals surface area contributed by atoms with Crippen molar-refractivity contribution < 1.29 is 14.7 Å². The number of carbonyl (C=O) groups excluding carboxylic acids is 2. The predicted octanol–water partition coefficient (Wildman–Crippen LogP) is 0.351. The molecule has 2 bridgehead atoms. The summed E-state index contributed by atoms with van der Waals surface area (Å²) in [5, 5.41) is 13.3. The summed E-state index contributed by atoms with van der Waals surface area (Å²) in [6, 6.07) is 4.25. The third-order valence-electron chi connectivity index (χ3n) is 7.58. The van der Waals surface area contributed by atoms with Crippen molar-refractivity contribution >= 4 is 11.8 Å². The number of fused-ring (bicyclic) bond motifs is 4. The van der Waals surface area contributed by atoms with E-state index in [1.54, 1.807) is 10.6 Å². The van der Waals surface area contributed by atoms with Gasteiger partial charge in [0, 0.05) is 49.8 Å². The van der Waals surface area contributed by atoms with E-state index in [-0.39, 0.29) is 41.9 Å². The maximum absolute atomic E-state index is 13.4. The first-order valence-corrected chi connectivity index (χ1v) is 11.7. The number of aromatic nitrogens is 1. The van der Waals surface area contributed by atoms with Gasteiger partial charge in [-0.2, -0.15) is 0 Å². The van der Waals surface area contributed by atoms with Gasteiger partial charge in [-0.1, -0.05) is 12.5 Å². The van der Waals surface area contributed by atoms with E-state index in [0.717, 1.165) is 32.5 Å². The second-order valence-electron chi connectivity index (χ2n) is 9.50. The van der Waals surface area contributed by atoms with E-state index < -0.39 is 12.0 Å². The molecule has 1 aliphatic carbocycles. The van der Waals surface area contributed by atoms with Gasteiger partial charge in [-0.15, -0.1) is 0 Å². The average Bonchev–Trinajstić information content (AvgIpc) is 3.59. The number of hydrogen-bond donors (Lipinski definition) is 2. The molecule has 0 spiro atoms. The van der Waals surface area contributed by atoms with Crippen molar-refractivity contribution in [2.45, 2.75) is 50.7 Å². The van der Waals surface area contributed by atoms with Crippen LogP contribution in [0.5, 0.6) is 0 Å². The third-order valence-corrected chi connectivity index (χ3v) is 7.58. The number of carbonyl (C=O) groups is 2. The van der Waals surface area contributed by atoms with E-state index in [2.05, 4.69) is 10.2 Å². The lowest BCUT2D eigenvalue weighted by Crippen LogP contribution is -2.49. The number of aliphatic hydroxyl groups excluding tert-OH is 1. The molecule has 4 aliphatic rings. The molecule has 5 rings (SSSR count). The SMILES string of the molecule is O=C(NCCN1CCCCC1)[C@H]1[C@H](CO)[C@H]2Cn3c(cccc3=O)[C@@H]1N2C(=O)C1CC1. The second-order valence-corrected chi connectivity index (χ2v) is 9.50. The van der Waals surface area contributed by atoms with Crippen molar-refractivity contribution in [2.24, 2.45) is 17.8 Å². The molecule has 168 valence electrons. The fourth-order valence-electron chi connectivity index (χ4n) is 5.84. The van der Waals surface area contributed by atoms with Gasteiger partial charge in [0.05, 0.1) is 18.0 Å². The number of amides is 2. The van der Waals surface area contributed by atoms with Crippen LogP contribution in [0.4, 0.5) is 0 Å². The van der Waals surface area contributed by atoms with Gasteiger partial charge >= 0.3 is 0 Å². The zero-order valence-electron chi connectivity index (χ0n) is 17.9. The Bertz CT molecular complexity index is 905. The van der Waals surface area contributed by atoms with Gasteiger partial charge in [0.15, 0.2) is 0 Å². The van der Waals surface area contributed by atoms with Crippen LogP contribution in [-0.4, -0.2) is 70.1 Å². The van der Waals surface area contributed by atoms with Gasteiger partial charge < -0.3 is 24.8 Å². The highest BCUT2D eigenvalue weighted by atomic mass is 16.3. The molecular weight excluding hydrogens is 396 g/mol. The molecule has 8 heteroatoms. The molecule has 2 N–H and O–H groups in total. The van der Waals surface area contributed by atoms with Crippen LogP contribution in [-0.2, 0) is 16.1 Å². The fraction of sp³-hybridized carbons (Fsp3) is 0.696. The average molecular weight is 429 g/mol. The normalized spacial score (nSPS) is 30.2. The number of likely N-dealkylation sites (tertiary alicyclic amines) is 1. The standard InChI is InChI=1S/C23H32N4O4/c28-14-16-18-13-26-17(5-4-6-19(26)29)21(27(18)23(31)15-7-8-15)20(16)22(30)24-9-12-25-10-2-1-3-11-25/h4-6,15-16,18,20-21,28H,1-3,7-14H2,(H,24,30)/t16-,18-,20+,21+/m1/s1. The minimum absolute atomic E-state index is 0.0206. The Balaban J connectivity index is 1.40. The molecule has 1 saturated carbocycles. The summed E-state index contributed by atoms with van der Waals surface area (Å²) in [5.74, 6) is -0.953. The molecule has 4 atom stereocenters. The van der Waals surface area contributed by atoms with Crippen LogP contribution in [0.3, 0.4) is 0 Å². The first-order valence-electron chi connectivity index (χ1n) is 11.7. The first kappa shape index (κ1) is 20.7. The van der Waals surface area contributed by atoms with E-state index in [4.69, 9.17) is 0 Å². The van der Waals surface area contributed by atoms with Crippen molar-refractivity contribution in [3.8, 4) is 0 Å². The summed E-state index contributed by atoms with van der Waals surface area (Å²) in [7, 11) is 0. The molecule has 2 amide bonds. The number of rotatable bonds is 6. The Hall–Kier alpha value is -2.19. The minimum Gasteiger partial charge on any atom is -0.396 e. The molecule has 0 radical (unpaired) electrons. The monoisotopic (exact) mass is 428 g/mol. The molecule has 3 aliphatic heterocycles. The summed E-state index contributed by atoms with van der Waals surface area (Å²) >= 11 is 0. The van der Waals surface area contributed by atoms with Crippen LogP contribution in [0.25, 0.3) is 0 Å². The summed E-state index contributed by atoms with van der Waals surface area (Å²) < 4.78 is 1.69. The molecular formula is C23H32N4O4. The molecule has 1 aromatic rings. The summed E-state index contributed by atoms with van der Waals surface area (Å²) in [5.41, 5.74) is 0.596. The highest BCUT2D eigenvalue weighted by Gasteiger charge is 2.58. The number of piperidine rings is 1. The quantitative estimate of drug-likeness (QED) is 0.682. The Labute approximate surface area is 182 Å². The van der Waals surface area contributed by atoms with E-state index in [1.165, 1.54) is 25.3 Å². The summed E-state index contributed by atoms with van der Waals surface area (Å²) in [6.45, 7) is 3.68. The van der Waals surface area contributed by atoms with Crippen LogP contribution in [0.15, 0.2) is 23.0 Å². The smallest absolute Gasteiger partial charge is 0.250 e. The fourth-order valence-corrected chi connectivity index (χ4v) is 5.84. The van der Waals surface area contributed by atoms with Crippen molar-refractivity contribution in [1.82, 2.24) is 19.7 Å². The highest BCUT2D eigenvalue weighted by molar-refractivity contribution is 5.86. The zero-order valence-corrected chi connectivity index (χ0v) is 17.9. The number of nitrogens with zero attached hydrogens (tertiary/aromatic N) is 3. The number of aliphatic hydroxyl groups is 1. The molecule has 1 aromatic heterocycles. The lowest BCUT2D eigenvalue weighted by atomic mass is 9.86. The molecule has 0 aromatic carbocycles. The van der Waals surface area contributed by atoms with Crippen LogP contribution < -0.4 is 10.9 Å². The maximum Gasteiger partial charge on any atom is 0.250 e. The third kappa shape index (κ3) is 3.69. The largest absolute Gasteiger partial charge is 0.396 e. The zero-order chi connectivity index (χ0) is 21.5. The first-order chi connectivity index (χ1) is 15.1. The van der Waals surface area contributed by atoms with E-state index in [9.17, 15) is 19.5 Å². The van der Waals surface area contributed by atoms with Gasteiger partial charge in [0.25, 0.3) is 5.56 Å². The number of hydrogen-bond acceptors (Lipinski definition) is 5. The number of nitrogens with one attached hydrogen (secondary N) is 1. The topological polar surface area (TPSA) is 94.9 Å². The van der Waals surface area contributed by atoms with Crippen LogP contribution in [0.1, 0.15) is 43.8 Å². The van der Waals surface area contributed by atoms with Crippen LogP contribution >= 0.6 is 0 Å². The predicted molar refractivity (Wildman–Crippen MR) is 114 cm³/mol. The van der Waals surface area contributed by atoms with Gasteiger partial charge in [0.1, 0.15) is 0 Å².